The van der Waals surface area contributed by atoms with E-state index in [1.54, 1.807) is 0 Å². The molecule has 0 saturated heterocycles. The lowest BCUT2D eigenvalue weighted by Gasteiger charge is -2.10. The summed E-state index contributed by atoms with van der Waals surface area (Å²) < 4.78 is 0. The largest absolute Gasteiger partial charge is 0.481 e. The number of nitrogens with zero attached hydrogens (tertiary/aromatic N) is 1. The number of aromatic nitrogens is 1. The minimum absolute atomic E-state index is 0.000711. The fourth-order valence-corrected chi connectivity index (χ4v) is 3.23. The van der Waals surface area contributed by atoms with Gasteiger partial charge >= 0.3 is 5.97 Å². The van der Waals surface area contributed by atoms with Gasteiger partial charge in [0.1, 0.15) is 0 Å². The topological polar surface area (TPSA) is 79.3 Å². The highest BCUT2D eigenvalue weighted by Gasteiger charge is 2.18. The zero-order valence-corrected chi connectivity index (χ0v) is 13.5. The van der Waals surface area contributed by atoms with E-state index < -0.39 is 5.97 Å². The van der Waals surface area contributed by atoms with Crippen LogP contribution in [0.15, 0.2) is 48.5 Å². The van der Waals surface area contributed by atoms with Gasteiger partial charge in [-0.05, 0) is 41.8 Å². The summed E-state index contributed by atoms with van der Waals surface area (Å²) in [6.45, 7) is 0. The molecule has 3 aromatic rings. The van der Waals surface area contributed by atoms with Gasteiger partial charge in [-0.3, -0.25) is 9.59 Å². The molecule has 0 bridgehead atoms. The van der Waals surface area contributed by atoms with Crippen LogP contribution < -0.4 is 5.32 Å². The zero-order chi connectivity index (χ0) is 17.4. The van der Waals surface area contributed by atoms with Crippen molar-refractivity contribution in [1.82, 2.24) is 4.98 Å². The Hall–Kier alpha value is -3.21. The average molecular weight is 332 g/mol. The summed E-state index contributed by atoms with van der Waals surface area (Å²) in [4.78, 5) is 27.2. The zero-order valence-electron chi connectivity index (χ0n) is 13.5. The molecule has 25 heavy (non-hydrogen) atoms. The van der Waals surface area contributed by atoms with Crippen molar-refractivity contribution >= 4 is 28.5 Å². The number of carboxylic acids is 1. The van der Waals surface area contributed by atoms with E-state index in [1.165, 1.54) is 0 Å². The van der Waals surface area contributed by atoms with Crippen molar-refractivity contribution in [2.45, 2.75) is 19.3 Å². The van der Waals surface area contributed by atoms with Crippen molar-refractivity contribution in [2.24, 2.45) is 0 Å². The second-order valence-electron chi connectivity index (χ2n) is 6.17. The van der Waals surface area contributed by atoms with Crippen molar-refractivity contribution < 1.29 is 14.7 Å². The third kappa shape index (κ3) is 2.96. The SMILES string of the molecule is O=C(O)CCc1cc(-c2ccc3c(c2)CC(=O)N3)nc2ccccc12. The first-order valence-electron chi connectivity index (χ1n) is 8.14. The van der Waals surface area contributed by atoms with Gasteiger partial charge in [-0.25, -0.2) is 4.98 Å². The second kappa shape index (κ2) is 6.02. The summed E-state index contributed by atoms with van der Waals surface area (Å²) in [6, 6.07) is 15.5. The number of benzene rings is 2. The molecule has 4 rings (SSSR count). The Labute approximate surface area is 144 Å². The lowest BCUT2D eigenvalue weighted by Crippen LogP contribution is -2.03. The standard InChI is InChI=1S/C20H16N2O3/c23-19-11-14-9-13(5-7-16(14)22-19)18-10-12(6-8-20(24)25)15-3-1-2-4-17(15)21-18/h1-5,7,9-10H,6,8,11H2,(H,22,23)(H,24,25). The van der Waals surface area contributed by atoms with E-state index in [2.05, 4.69) is 5.32 Å². The second-order valence-corrected chi connectivity index (χ2v) is 6.17. The molecule has 0 aliphatic carbocycles. The van der Waals surface area contributed by atoms with Crippen LogP contribution in [0.2, 0.25) is 0 Å². The summed E-state index contributed by atoms with van der Waals surface area (Å²) in [7, 11) is 0. The number of anilines is 1. The molecule has 1 aromatic heterocycles. The molecule has 0 unspecified atom stereocenters. The molecule has 124 valence electrons. The van der Waals surface area contributed by atoms with Crippen LogP contribution in [0.4, 0.5) is 5.69 Å². The Morgan fingerprint density at radius 2 is 2.00 bits per heavy atom. The van der Waals surface area contributed by atoms with Gasteiger partial charge in [0.05, 0.1) is 17.6 Å². The molecular weight excluding hydrogens is 316 g/mol. The van der Waals surface area contributed by atoms with E-state index in [0.29, 0.717) is 12.8 Å². The number of carbonyl (C=O) groups is 2. The van der Waals surface area contributed by atoms with Crippen LogP contribution in [0.1, 0.15) is 17.5 Å². The van der Waals surface area contributed by atoms with E-state index in [4.69, 9.17) is 10.1 Å². The van der Waals surface area contributed by atoms with Crippen LogP contribution in [0.3, 0.4) is 0 Å². The number of hydrogen-bond acceptors (Lipinski definition) is 3. The maximum absolute atomic E-state index is 11.5. The molecular formula is C20H16N2O3. The molecule has 0 spiro atoms. The molecule has 5 nitrogen and oxygen atoms in total. The first-order chi connectivity index (χ1) is 12.1. The molecule has 0 radical (unpaired) electrons. The minimum Gasteiger partial charge on any atom is -0.481 e. The summed E-state index contributed by atoms with van der Waals surface area (Å²) in [6.07, 6.45) is 0.912. The van der Waals surface area contributed by atoms with E-state index in [1.807, 2.05) is 48.5 Å². The maximum Gasteiger partial charge on any atom is 0.303 e. The van der Waals surface area contributed by atoms with Gasteiger partial charge in [0.2, 0.25) is 5.91 Å². The minimum atomic E-state index is -0.815. The summed E-state index contributed by atoms with van der Waals surface area (Å²) in [5.41, 5.74) is 5.34. The number of nitrogens with one attached hydrogen (secondary N) is 1. The van der Waals surface area contributed by atoms with E-state index in [-0.39, 0.29) is 12.3 Å². The van der Waals surface area contributed by atoms with Crippen molar-refractivity contribution in [3.8, 4) is 11.3 Å². The number of amides is 1. The van der Waals surface area contributed by atoms with Crippen LogP contribution in [0.25, 0.3) is 22.2 Å². The van der Waals surface area contributed by atoms with Crippen LogP contribution in [-0.2, 0) is 22.4 Å². The fraction of sp³-hybridized carbons (Fsp3) is 0.150. The Balaban J connectivity index is 1.81. The highest BCUT2D eigenvalue weighted by Crippen LogP contribution is 2.30. The monoisotopic (exact) mass is 332 g/mol. The molecule has 2 aromatic carbocycles. The van der Waals surface area contributed by atoms with Gasteiger partial charge in [0.15, 0.2) is 0 Å². The van der Waals surface area contributed by atoms with Crippen LogP contribution in [0, 0.1) is 0 Å². The molecule has 0 fully saturated rings. The summed E-state index contributed by atoms with van der Waals surface area (Å²) in [5, 5.41) is 12.8. The lowest BCUT2D eigenvalue weighted by molar-refractivity contribution is -0.137. The molecule has 1 aliphatic heterocycles. The number of hydrogen-bond donors (Lipinski definition) is 2. The number of para-hydroxylation sites is 1. The van der Waals surface area contributed by atoms with Gasteiger partial charge in [-0.1, -0.05) is 24.3 Å². The molecule has 1 amide bonds. The number of rotatable bonds is 4. The van der Waals surface area contributed by atoms with E-state index >= 15 is 0 Å². The van der Waals surface area contributed by atoms with Crippen molar-refractivity contribution in [3.05, 3.63) is 59.7 Å². The first-order valence-corrected chi connectivity index (χ1v) is 8.14. The van der Waals surface area contributed by atoms with Gasteiger partial charge in [-0.2, -0.15) is 0 Å². The number of aliphatic carboxylic acids is 1. The smallest absolute Gasteiger partial charge is 0.303 e. The summed E-state index contributed by atoms with van der Waals surface area (Å²) >= 11 is 0. The molecule has 0 saturated carbocycles. The predicted molar refractivity (Wildman–Crippen MR) is 95.5 cm³/mol. The van der Waals surface area contributed by atoms with Crippen molar-refractivity contribution in [2.75, 3.05) is 5.32 Å². The van der Waals surface area contributed by atoms with Crippen LogP contribution in [-0.4, -0.2) is 22.0 Å². The van der Waals surface area contributed by atoms with Crippen molar-refractivity contribution in [1.29, 1.82) is 0 Å². The number of aryl methyl sites for hydroxylation is 1. The highest BCUT2D eigenvalue weighted by atomic mass is 16.4. The third-order valence-corrected chi connectivity index (χ3v) is 4.44. The predicted octanol–water partition coefficient (Wildman–Crippen LogP) is 3.41. The summed E-state index contributed by atoms with van der Waals surface area (Å²) in [5.74, 6) is -0.815. The van der Waals surface area contributed by atoms with Crippen LogP contribution in [0.5, 0.6) is 0 Å². The highest BCUT2D eigenvalue weighted by molar-refractivity contribution is 5.99. The molecule has 1 aliphatic rings. The molecule has 0 atom stereocenters. The van der Waals surface area contributed by atoms with E-state index in [0.717, 1.165) is 39.0 Å². The quantitative estimate of drug-likeness (QED) is 0.767. The molecule has 2 N–H and O–H groups in total. The third-order valence-electron chi connectivity index (χ3n) is 4.44. The van der Waals surface area contributed by atoms with Crippen molar-refractivity contribution in [3.63, 3.8) is 0 Å². The van der Waals surface area contributed by atoms with E-state index in [9.17, 15) is 9.59 Å². The van der Waals surface area contributed by atoms with Gasteiger partial charge in [0, 0.05) is 23.1 Å². The number of pyridine rings is 1. The fourth-order valence-electron chi connectivity index (χ4n) is 3.23. The normalized spacial score (nSPS) is 12.9. The lowest BCUT2D eigenvalue weighted by atomic mass is 9.99. The first kappa shape index (κ1) is 15.3. The Kier molecular flexibility index (Phi) is 3.69. The average Bonchev–Trinajstić information content (AvgIpc) is 2.98. The van der Waals surface area contributed by atoms with Crippen LogP contribution >= 0.6 is 0 Å². The molecule has 2 heterocycles. The number of carboxylic acid groups (broad SMARTS) is 1. The van der Waals surface area contributed by atoms with Gasteiger partial charge in [0.25, 0.3) is 0 Å². The Bertz CT molecular complexity index is 1010. The maximum atomic E-state index is 11.5. The number of fused-ring (bicyclic) bond motifs is 2. The molecule has 5 heteroatoms. The Morgan fingerprint density at radius 1 is 1.16 bits per heavy atom. The number of carbonyl (C=O) groups excluding carboxylic acids is 1. The Morgan fingerprint density at radius 3 is 2.84 bits per heavy atom. The van der Waals surface area contributed by atoms with Gasteiger partial charge in [-0.15, -0.1) is 0 Å². The van der Waals surface area contributed by atoms with Gasteiger partial charge < -0.3 is 10.4 Å².